The van der Waals surface area contributed by atoms with E-state index in [1.807, 2.05) is 55.5 Å². The Kier molecular flexibility index (Phi) is 4.98. The van der Waals surface area contributed by atoms with E-state index < -0.39 is 10.0 Å². The van der Waals surface area contributed by atoms with Gasteiger partial charge in [0.2, 0.25) is 0 Å². The number of sulfonamides is 1. The lowest BCUT2D eigenvalue weighted by molar-refractivity contribution is 0.0993. The number of para-hydroxylation sites is 2. The molecule has 3 aromatic carbocycles. The van der Waals surface area contributed by atoms with Crippen molar-refractivity contribution in [3.63, 3.8) is 0 Å². The Morgan fingerprint density at radius 3 is 2.62 bits per heavy atom. The Morgan fingerprint density at radius 2 is 1.81 bits per heavy atom. The number of aromatic nitrogens is 1. The minimum Gasteiger partial charge on any atom is -0.287 e. The van der Waals surface area contributed by atoms with Gasteiger partial charge in [-0.15, -0.1) is 0 Å². The number of carbonyl (C=O) groups excluding carboxylic acids is 1. The van der Waals surface area contributed by atoms with Gasteiger partial charge in [0.05, 0.1) is 20.8 Å². The van der Waals surface area contributed by atoms with E-state index in [0.717, 1.165) is 15.8 Å². The fraction of sp³-hybridized carbons (Fsp3) is 0.167. The Balaban J connectivity index is 1.48. The summed E-state index contributed by atoms with van der Waals surface area (Å²) in [5.74, 6) is -0.309. The summed E-state index contributed by atoms with van der Waals surface area (Å²) in [6.45, 7) is 1.90. The average molecular weight is 464 g/mol. The van der Waals surface area contributed by atoms with Crippen LogP contribution in [0, 0.1) is 0 Å². The molecule has 0 saturated carbocycles. The van der Waals surface area contributed by atoms with Gasteiger partial charge < -0.3 is 0 Å². The summed E-state index contributed by atoms with van der Waals surface area (Å²) < 4.78 is 29.5. The highest BCUT2D eigenvalue weighted by molar-refractivity contribution is 7.92. The lowest BCUT2D eigenvalue weighted by Crippen LogP contribution is -2.36. The first-order chi connectivity index (χ1) is 15.4. The number of fused-ring (bicyclic) bond motifs is 2. The standard InChI is InChI=1S/C24H21N3O3S2/c1-16-14-17-8-3-5-12-21(17)27(16)32(29,30)19-10-7-9-18(15-19)23(28)26(2)24-25-20-11-4-6-13-22(20)31-24/h3-13,15-16H,14H2,1-2H3. The van der Waals surface area contributed by atoms with Crippen molar-refractivity contribution in [3.8, 4) is 0 Å². The number of amides is 1. The van der Waals surface area contributed by atoms with Crippen LogP contribution in [-0.4, -0.2) is 32.4 Å². The molecule has 0 spiro atoms. The highest BCUT2D eigenvalue weighted by Crippen LogP contribution is 2.36. The molecule has 5 rings (SSSR count). The molecule has 0 aliphatic carbocycles. The fourth-order valence-corrected chi connectivity index (χ4v) is 6.75. The third kappa shape index (κ3) is 3.36. The molecule has 1 aliphatic rings. The molecule has 0 radical (unpaired) electrons. The summed E-state index contributed by atoms with van der Waals surface area (Å²) in [4.78, 5) is 19.3. The molecule has 4 aromatic rings. The van der Waals surface area contributed by atoms with Crippen LogP contribution in [0.1, 0.15) is 22.8 Å². The largest absolute Gasteiger partial charge is 0.287 e. The minimum absolute atomic E-state index is 0.101. The van der Waals surface area contributed by atoms with Gasteiger partial charge in [0, 0.05) is 18.7 Å². The van der Waals surface area contributed by atoms with Gasteiger partial charge in [-0.25, -0.2) is 13.4 Å². The van der Waals surface area contributed by atoms with E-state index in [-0.39, 0.29) is 16.8 Å². The van der Waals surface area contributed by atoms with Crippen LogP contribution in [0.2, 0.25) is 0 Å². The van der Waals surface area contributed by atoms with Crippen molar-refractivity contribution in [2.45, 2.75) is 24.3 Å². The number of carbonyl (C=O) groups is 1. The number of hydrogen-bond acceptors (Lipinski definition) is 5. The topological polar surface area (TPSA) is 70.6 Å². The molecule has 1 amide bonds. The average Bonchev–Trinajstić information content (AvgIpc) is 3.38. The molecule has 32 heavy (non-hydrogen) atoms. The molecular formula is C24H21N3O3S2. The van der Waals surface area contributed by atoms with Gasteiger partial charge in [-0.1, -0.05) is 47.7 Å². The molecule has 1 aromatic heterocycles. The summed E-state index contributed by atoms with van der Waals surface area (Å²) in [5.41, 5.74) is 2.83. The molecule has 162 valence electrons. The number of anilines is 2. The maximum Gasteiger partial charge on any atom is 0.264 e. The van der Waals surface area contributed by atoms with Gasteiger partial charge >= 0.3 is 0 Å². The molecule has 0 N–H and O–H groups in total. The minimum atomic E-state index is -3.82. The van der Waals surface area contributed by atoms with Crippen LogP contribution < -0.4 is 9.21 Å². The van der Waals surface area contributed by atoms with E-state index in [0.29, 0.717) is 22.8 Å². The van der Waals surface area contributed by atoms with Crippen molar-refractivity contribution in [3.05, 3.63) is 83.9 Å². The fourth-order valence-electron chi connectivity index (χ4n) is 4.09. The zero-order chi connectivity index (χ0) is 22.5. The Morgan fingerprint density at radius 1 is 1.06 bits per heavy atom. The maximum absolute atomic E-state index is 13.5. The van der Waals surface area contributed by atoms with Crippen LogP contribution in [0.15, 0.2) is 77.7 Å². The highest BCUT2D eigenvalue weighted by Gasteiger charge is 2.36. The van der Waals surface area contributed by atoms with E-state index >= 15 is 0 Å². The Hall–Kier alpha value is -3.23. The van der Waals surface area contributed by atoms with Gasteiger partial charge in [0.15, 0.2) is 5.13 Å². The molecule has 0 saturated heterocycles. The van der Waals surface area contributed by atoms with Crippen molar-refractivity contribution in [1.29, 1.82) is 0 Å². The third-order valence-corrected chi connectivity index (χ3v) is 8.69. The molecule has 1 atom stereocenters. The van der Waals surface area contributed by atoms with Crippen molar-refractivity contribution >= 4 is 48.3 Å². The lowest BCUT2D eigenvalue weighted by atomic mass is 10.1. The molecular weight excluding hydrogens is 442 g/mol. The molecule has 8 heteroatoms. The first-order valence-electron chi connectivity index (χ1n) is 10.2. The highest BCUT2D eigenvalue weighted by atomic mass is 32.2. The normalized spacial score (nSPS) is 15.7. The van der Waals surface area contributed by atoms with Gasteiger partial charge in [-0.2, -0.15) is 0 Å². The van der Waals surface area contributed by atoms with Crippen molar-refractivity contribution in [2.75, 3.05) is 16.3 Å². The molecule has 0 bridgehead atoms. The van der Waals surface area contributed by atoms with E-state index in [1.165, 1.54) is 32.7 Å². The van der Waals surface area contributed by atoms with Gasteiger partial charge in [-0.05, 0) is 55.3 Å². The number of thiazole rings is 1. The second-order valence-electron chi connectivity index (χ2n) is 7.84. The second kappa shape index (κ2) is 7.72. The summed E-state index contributed by atoms with van der Waals surface area (Å²) in [6, 6.07) is 21.3. The van der Waals surface area contributed by atoms with Crippen molar-refractivity contribution in [2.24, 2.45) is 0 Å². The number of hydrogen-bond donors (Lipinski definition) is 0. The second-order valence-corrected chi connectivity index (χ2v) is 10.7. The van der Waals surface area contributed by atoms with Crippen LogP contribution in [0.25, 0.3) is 10.2 Å². The number of nitrogens with zero attached hydrogens (tertiary/aromatic N) is 3. The van der Waals surface area contributed by atoms with Crippen molar-refractivity contribution in [1.82, 2.24) is 4.98 Å². The predicted molar refractivity (Wildman–Crippen MR) is 128 cm³/mol. The smallest absolute Gasteiger partial charge is 0.264 e. The van der Waals surface area contributed by atoms with Gasteiger partial charge in [0.1, 0.15) is 0 Å². The van der Waals surface area contributed by atoms with Gasteiger partial charge in [0.25, 0.3) is 15.9 Å². The lowest BCUT2D eigenvalue weighted by Gasteiger charge is -2.24. The van der Waals surface area contributed by atoms with E-state index in [2.05, 4.69) is 4.98 Å². The zero-order valence-electron chi connectivity index (χ0n) is 17.6. The van der Waals surface area contributed by atoms with Crippen LogP contribution in [0.5, 0.6) is 0 Å². The Bertz CT molecular complexity index is 1410. The van der Waals surface area contributed by atoms with Crippen molar-refractivity contribution < 1.29 is 13.2 Å². The summed E-state index contributed by atoms with van der Waals surface area (Å²) in [6.07, 6.45) is 0.661. The van der Waals surface area contributed by atoms with E-state index in [1.54, 1.807) is 19.2 Å². The van der Waals surface area contributed by atoms with Gasteiger partial charge in [-0.3, -0.25) is 14.0 Å². The van der Waals surface area contributed by atoms with Crippen LogP contribution >= 0.6 is 11.3 Å². The molecule has 0 fully saturated rings. The monoisotopic (exact) mass is 463 g/mol. The summed E-state index contributed by atoms with van der Waals surface area (Å²) in [7, 11) is -2.17. The summed E-state index contributed by atoms with van der Waals surface area (Å²) in [5, 5.41) is 0.562. The third-order valence-electron chi connectivity index (χ3n) is 5.66. The first-order valence-corrected chi connectivity index (χ1v) is 12.5. The molecule has 1 unspecified atom stereocenters. The maximum atomic E-state index is 13.5. The van der Waals surface area contributed by atoms with E-state index in [4.69, 9.17) is 0 Å². The Labute approximate surface area is 190 Å². The molecule has 2 heterocycles. The molecule has 6 nitrogen and oxygen atoms in total. The SMILES string of the molecule is CC1Cc2ccccc2N1S(=O)(=O)c1cccc(C(=O)N(C)c2nc3ccccc3s2)c1. The van der Waals surface area contributed by atoms with Crippen LogP contribution in [0.3, 0.4) is 0 Å². The number of rotatable bonds is 4. The van der Waals surface area contributed by atoms with Crippen LogP contribution in [-0.2, 0) is 16.4 Å². The first kappa shape index (κ1) is 20.7. The van der Waals surface area contributed by atoms with Crippen LogP contribution in [0.4, 0.5) is 10.8 Å². The predicted octanol–water partition coefficient (Wildman–Crippen LogP) is 4.71. The molecule has 1 aliphatic heterocycles. The number of benzene rings is 3. The quantitative estimate of drug-likeness (QED) is 0.439. The van der Waals surface area contributed by atoms with E-state index in [9.17, 15) is 13.2 Å². The summed E-state index contributed by atoms with van der Waals surface area (Å²) >= 11 is 1.42. The zero-order valence-corrected chi connectivity index (χ0v) is 19.2.